The molecule has 3 aromatic rings. The maximum atomic E-state index is 12.6. The molecule has 1 atom stereocenters. The summed E-state index contributed by atoms with van der Waals surface area (Å²) in [6.45, 7) is 3.12. The first-order valence-corrected chi connectivity index (χ1v) is 10.6. The molecule has 1 aliphatic rings. The number of rotatable bonds is 5. The van der Waals surface area contributed by atoms with Gasteiger partial charge in [-0.2, -0.15) is 4.98 Å². The van der Waals surface area contributed by atoms with E-state index in [0.717, 1.165) is 29.8 Å². The van der Waals surface area contributed by atoms with Gasteiger partial charge in [0.2, 0.25) is 17.6 Å². The highest BCUT2D eigenvalue weighted by molar-refractivity contribution is 7.12. The lowest BCUT2D eigenvalue weighted by molar-refractivity contribution is -0.115. The molecule has 0 saturated carbocycles. The number of nitrogens with one attached hydrogen (secondary N) is 1. The van der Waals surface area contributed by atoms with Gasteiger partial charge in [-0.05, 0) is 36.4 Å². The summed E-state index contributed by atoms with van der Waals surface area (Å²) in [6.07, 6.45) is 2.22. The van der Waals surface area contributed by atoms with Crippen LogP contribution in [-0.4, -0.2) is 39.9 Å². The number of hydrogen-bond donors (Lipinski definition) is 1. The SMILES string of the molecule is CCC(=O)Nc1cccc(-c2noc([C@H]3CCCN(C(=O)c4cccs4)C3)n2)c1. The molecule has 1 saturated heterocycles. The Kier molecular flexibility index (Phi) is 5.71. The molecule has 0 unspecified atom stereocenters. The fraction of sp³-hybridized carbons (Fsp3) is 0.333. The second kappa shape index (κ2) is 8.57. The van der Waals surface area contributed by atoms with Gasteiger partial charge >= 0.3 is 0 Å². The van der Waals surface area contributed by atoms with E-state index in [9.17, 15) is 9.59 Å². The quantitative estimate of drug-likeness (QED) is 0.682. The van der Waals surface area contributed by atoms with Crippen LogP contribution in [0, 0.1) is 0 Å². The van der Waals surface area contributed by atoms with Crippen LogP contribution in [-0.2, 0) is 4.79 Å². The molecule has 1 aromatic carbocycles. The average Bonchev–Trinajstić information content (AvgIpc) is 3.46. The highest BCUT2D eigenvalue weighted by Crippen LogP contribution is 2.29. The van der Waals surface area contributed by atoms with E-state index in [4.69, 9.17) is 4.52 Å². The molecule has 4 rings (SSSR count). The van der Waals surface area contributed by atoms with Gasteiger partial charge in [0.05, 0.1) is 10.8 Å². The monoisotopic (exact) mass is 410 g/mol. The Balaban J connectivity index is 1.48. The van der Waals surface area contributed by atoms with Gasteiger partial charge in [-0.1, -0.05) is 30.3 Å². The molecule has 3 heterocycles. The van der Waals surface area contributed by atoms with Gasteiger partial charge in [-0.3, -0.25) is 9.59 Å². The zero-order chi connectivity index (χ0) is 20.2. The standard InChI is InChI=1S/C21H22N4O3S/c1-2-18(26)22-16-8-3-6-14(12-16)19-23-20(28-24-19)15-7-4-10-25(13-15)21(27)17-9-5-11-29-17/h3,5-6,8-9,11-12,15H,2,4,7,10,13H2,1H3,(H,22,26)/t15-/m0/s1. The summed E-state index contributed by atoms with van der Waals surface area (Å²) in [4.78, 5) is 31.5. The third kappa shape index (κ3) is 4.37. The number of nitrogens with zero attached hydrogens (tertiary/aromatic N) is 3. The van der Waals surface area contributed by atoms with Crippen molar-refractivity contribution in [3.63, 3.8) is 0 Å². The smallest absolute Gasteiger partial charge is 0.263 e. The van der Waals surface area contributed by atoms with Crippen LogP contribution in [0.2, 0.25) is 0 Å². The molecule has 1 fully saturated rings. The number of thiophene rings is 1. The van der Waals surface area contributed by atoms with Gasteiger partial charge in [-0.25, -0.2) is 0 Å². The second-order valence-electron chi connectivity index (χ2n) is 7.01. The number of likely N-dealkylation sites (tertiary alicyclic amines) is 1. The highest BCUT2D eigenvalue weighted by atomic mass is 32.1. The second-order valence-corrected chi connectivity index (χ2v) is 7.95. The van der Waals surface area contributed by atoms with Crippen molar-refractivity contribution in [2.24, 2.45) is 0 Å². The van der Waals surface area contributed by atoms with E-state index in [1.165, 1.54) is 11.3 Å². The van der Waals surface area contributed by atoms with Crippen molar-refractivity contribution >= 4 is 28.8 Å². The van der Waals surface area contributed by atoms with E-state index in [1.54, 1.807) is 6.92 Å². The average molecular weight is 410 g/mol. The zero-order valence-corrected chi connectivity index (χ0v) is 16.9. The van der Waals surface area contributed by atoms with Crippen LogP contribution in [0.25, 0.3) is 11.4 Å². The number of benzene rings is 1. The van der Waals surface area contributed by atoms with E-state index in [2.05, 4.69) is 15.5 Å². The van der Waals surface area contributed by atoms with Crippen LogP contribution in [0.3, 0.4) is 0 Å². The summed E-state index contributed by atoms with van der Waals surface area (Å²) in [7, 11) is 0. The number of carbonyl (C=O) groups is 2. The Hall–Kier alpha value is -3.00. The number of anilines is 1. The van der Waals surface area contributed by atoms with Crippen LogP contribution in [0.5, 0.6) is 0 Å². The summed E-state index contributed by atoms with van der Waals surface area (Å²) >= 11 is 1.46. The van der Waals surface area contributed by atoms with Gasteiger partial charge in [0.25, 0.3) is 5.91 Å². The van der Waals surface area contributed by atoms with Gasteiger partial charge in [0.1, 0.15) is 0 Å². The van der Waals surface area contributed by atoms with Crippen LogP contribution >= 0.6 is 11.3 Å². The molecule has 150 valence electrons. The molecule has 0 spiro atoms. The van der Waals surface area contributed by atoms with Crippen molar-refractivity contribution in [1.82, 2.24) is 15.0 Å². The Labute approximate surface area is 172 Å². The maximum Gasteiger partial charge on any atom is 0.263 e. The molecule has 2 amide bonds. The lowest BCUT2D eigenvalue weighted by atomic mass is 9.98. The van der Waals surface area contributed by atoms with Crippen molar-refractivity contribution in [2.45, 2.75) is 32.1 Å². The van der Waals surface area contributed by atoms with Crippen molar-refractivity contribution < 1.29 is 14.1 Å². The van der Waals surface area contributed by atoms with Crippen molar-refractivity contribution in [3.8, 4) is 11.4 Å². The summed E-state index contributed by atoms with van der Waals surface area (Å²) < 4.78 is 5.54. The summed E-state index contributed by atoms with van der Waals surface area (Å²) in [5.41, 5.74) is 1.47. The molecule has 2 aromatic heterocycles. The van der Waals surface area contributed by atoms with E-state index < -0.39 is 0 Å². The van der Waals surface area contributed by atoms with Crippen LogP contribution < -0.4 is 5.32 Å². The molecule has 8 heteroatoms. The molecule has 29 heavy (non-hydrogen) atoms. The molecular weight excluding hydrogens is 388 g/mol. The molecule has 1 N–H and O–H groups in total. The molecule has 1 aliphatic heterocycles. The summed E-state index contributed by atoms with van der Waals surface area (Å²) in [5.74, 6) is 1.07. The third-order valence-electron chi connectivity index (χ3n) is 4.96. The number of hydrogen-bond acceptors (Lipinski definition) is 6. The van der Waals surface area contributed by atoms with E-state index in [-0.39, 0.29) is 17.7 Å². The van der Waals surface area contributed by atoms with Gasteiger partial charge < -0.3 is 14.7 Å². The van der Waals surface area contributed by atoms with E-state index >= 15 is 0 Å². The number of aromatic nitrogens is 2. The van der Waals surface area contributed by atoms with E-state index in [0.29, 0.717) is 30.4 Å². The molecule has 0 radical (unpaired) electrons. The molecule has 7 nitrogen and oxygen atoms in total. The fourth-order valence-corrected chi connectivity index (χ4v) is 4.11. The topological polar surface area (TPSA) is 88.3 Å². The minimum Gasteiger partial charge on any atom is -0.339 e. The molecule has 0 aliphatic carbocycles. The normalized spacial score (nSPS) is 16.6. The first-order chi connectivity index (χ1) is 14.1. The lowest BCUT2D eigenvalue weighted by Crippen LogP contribution is -2.38. The van der Waals surface area contributed by atoms with Gasteiger partial charge in [-0.15, -0.1) is 11.3 Å². The molecular formula is C21H22N4O3S. The number of carbonyl (C=O) groups excluding carboxylic acids is 2. The summed E-state index contributed by atoms with van der Waals surface area (Å²) in [5, 5.41) is 8.87. The zero-order valence-electron chi connectivity index (χ0n) is 16.1. The van der Waals surface area contributed by atoms with Crippen molar-refractivity contribution in [2.75, 3.05) is 18.4 Å². The van der Waals surface area contributed by atoms with Crippen LogP contribution in [0.15, 0.2) is 46.3 Å². The minimum absolute atomic E-state index is 0.0249. The maximum absolute atomic E-state index is 12.6. The van der Waals surface area contributed by atoms with E-state index in [1.807, 2.05) is 46.7 Å². The Morgan fingerprint density at radius 3 is 3.00 bits per heavy atom. The van der Waals surface area contributed by atoms with Gasteiger partial charge in [0.15, 0.2) is 0 Å². The molecule has 0 bridgehead atoms. The number of piperidine rings is 1. The summed E-state index contributed by atoms with van der Waals surface area (Å²) in [6, 6.07) is 11.1. The Morgan fingerprint density at radius 2 is 2.21 bits per heavy atom. The number of amides is 2. The highest BCUT2D eigenvalue weighted by Gasteiger charge is 2.29. The van der Waals surface area contributed by atoms with Crippen molar-refractivity contribution in [3.05, 3.63) is 52.5 Å². The first kappa shape index (κ1) is 19.3. The predicted molar refractivity (Wildman–Crippen MR) is 111 cm³/mol. The first-order valence-electron chi connectivity index (χ1n) is 9.70. The fourth-order valence-electron chi connectivity index (χ4n) is 3.42. The Morgan fingerprint density at radius 1 is 1.31 bits per heavy atom. The van der Waals surface area contributed by atoms with Gasteiger partial charge in [0, 0.05) is 30.8 Å². The Bertz CT molecular complexity index is 999. The van der Waals surface area contributed by atoms with Crippen molar-refractivity contribution in [1.29, 1.82) is 0 Å². The van der Waals surface area contributed by atoms with Crippen LogP contribution in [0.4, 0.5) is 5.69 Å². The van der Waals surface area contributed by atoms with Crippen LogP contribution in [0.1, 0.15) is 47.7 Å². The third-order valence-corrected chi connectivity index (χ3v) is 5.82. The minimum atomic E-state index is -0.0475. The lowest BCUT2D eigenvalue weighted by Gasteiger charge is -2.30. The largest absolute Gasteiger partial charge is 0.339 e. The predicted octanol–water partition coefficient (Wildman–Crippen LogP) is 4.17.